The Kier molecular flexibility index (Phi) is 5.48. The molecule has 136 valence electrons. The van der Waals surface area contributed by atoms with Crippen molar-refractivity contribution in [3.8, 4) is 0 Å². The summed E-state index contributed by atoms with van der Waals surface area (Å²) >= 11 is 2.84. The zero-order chi connectivity index (χ0) is 18.8. The van der Waals surface area contributed by atoms with E-state index in [1.807, 2.05) is 58.0 Å². The highest BCUT2D eigenvalue weighted by atomic mass is 32.2. The number of carbonyl (C=O) groups is 1. The first-order chi connectivity index (χ1) is 12.4. The molecular formula is C19H21N3O2S2. The number of thioether (sulfide) groups is 1. The van der Waals surface area contributed by atoms with Gasteiger partial charge in [-0.15, -0.1) is 11.3 Å². The molecule has 0 saturated carbocycles. The van der Waals surface area contributed by atoms with E-state index in [9.17, 15) is 9.59 Å². The summed E-state index contributed by atoms with van der Waals surface area (Å²) in [6.45, 7) is 8.22. The summed E-state index contributed by atoms with van der Waals surface area (Å²) in [4.78, 5) is 31.9. The van der Waals surface area contributed by atoms with Crippen molar-refractivity contribution in [3.05, 3.63) is 51.1 Å². The third kappa shape index (κ3) is 3.54. The van der Waals surface area contributed by atoms with Crippen LogP contribution < -0.4 is 10.9 Å². The van der Waals surface area contributed by atoms with E-state index in [1.54, 1.807) is 4.57 Å². The van der Waals surface area contributed by atoms with Crippen LogP contribution in [0.4, 0.5) is 5.69 Å². The zero-order valence-electron chi connectivity index (χ0n) is 15.2. The molecule has 0 aliphatic carbocycles. The molecule has 0 radical (unpaired) electrons. The highest BCUT2D eigenvalue weighted by molar-refractivity contribution is 8.00. The number of nitrogens with one attached hydrogen (secondary N) is 1. The average Bonchev–Trinajstić information content (AvgIpc) is 2.90. The van der Waals surface area contributed by atoms with Crippen molar-refractivity contribution in [1.82, 2.24) is 9.55 Å². The number of fused-ring (bicyclic) bond motifs is 1. The van der Waals surface area contributed by atoms with Gasteiger partial charge < -0.3 is 5.32 Å². The molecule has 2 aromatic heterocycles. The van der Waals surface area contributed by atoms with Crippen LogP contribution in [-0.2, 0) is 11.3 Å². The van der Waals surface area contributed by atoms with E-state index >= 15 is 0 Å². The molecule has 0 aliphatic rings. The van der Waals surface area contributed by atoms with Gasteiger partial charge in [0, 0.05) is 17.1 Å². The van der Waals surface area contributed by atoms with Gasteiger partial charge >= 0.3 is 0 Å². The van der Waals surface area contributed by atoms with E-state index < -0.39 is 0 Å². The molecule has 1 aromatic carbocycles. The van der Waals surface area contributed by atoms with Gasteiger partial charge in [0.15, 0.2) is 5.16 Å². The zero-order valence-corrected chi connectivity index (χ0v) is 16.8. The fourth-order valence-corrected chi connectivity index (χ4v) is 4.70. The lowest BCUT2D eigenvalue weighted by Crippen LogP contribution is -2.26. The van der Waals surface area contributed by atoms with Crippen molar-refractivity contribution >= 4 is 44.9 Å². The number of aromatic nitrogens is 2. The summed E-state index contributed by atoms with van der Waals surface area (Å²) in [5.74, 6) is -0.114. The van der Waals surface area contributed by atoms with Crippen LogP contribution in [0.5, 0.6) is 0 Å². The Balaban J connectivity index is 1.90. The first-order valence-electron chi connectivity index (χ1n) is 8.45. The first kappa shape index (κ1) is 18.7. The third-order valence-electron chi connectivity index (χ3n) is 4.26. The highest BCUT2D eigenvalue weighted by Crippen LogP contribution is 2.29. The quantitative estimate of drug-likeness (QED) is 0.526. The number of thiophene rings is 1. The van der Waals surface area contributed by atoms with E-state index in [0.717, 1.165) is 21.0 Å². The van der Waals surface area contributed by atoms with E-state index in [1.165, 1.54) is 23.1 Å². The topological polar surface area (TPSA) is 64.0 Å². The number of hydrogen-bond acceptors (Lipinski definition) is 5. The SMILES string of the molecule is CCn1c(S[C@H](C)C(=O)Nc2ccccc2)nc2sc(C)c(C)c2c1=O. The number of amides is 1. The Morgan fingerprint density at radius 1 is 1.31 bits per heavy atom. The van der Waals surface area contributed by atoms with Crippen molar-refractivity contribution in [2.75, 3.05) is 5.32 Å². The Labute approximate surface area is 160 Å². The molecule has 5 nitrogen and oxygen atoms in total. The number of carbonyl (C=O) groups excluding carboxylic acids is 1. The first-order valence-corrected chi connectivity index (χ1v) is 10.1. The summed E-state index contributed by atoms with van der Waals surface area (Å²) in [5, 5.41) is 3.80. The molecule has 1 amide bonds. The van der Waals surface area contributed by atoms with Gasteiger partial charge in [-0.2, -0.15) is 0 Å². The van der Waals surface area contributed by atoms with Gasteiger partial charge in [-0.3, -0.25) is 14.2 Å². The number of nitrogens with zero attached hydrogens (tertiary/aromatic N) is 2. The lowest BCUT2D eigenvalue weighted by Gasteiger charge is -2.14. The number of rotatable bonds is 5. The number of aryl methyl sites for hydroxylation is 2. The van der Waals surface area contributed by atoms with E-state index in [-0.39, 0.29) is 16.7 Å². The summed E-state index contributed by atoms with van der Waals surface area (Å²) in [5.41, 5.74) is 1.72. The van der Waals surface area contributed by atoms with Crippen LogP contribution in [-0.4, -0.2) is 20.7 Å². The summed E-state index contributed by atoms with van der Waals surface area (Å²) in [6, 6.07) is 9.34. The number of hydrogen-bond donors (Lipinski definition) is 1. The van der Waals surface area contributed by atoms with Crippen molar-refractivity contribution in [2.45, 2.75) is 44.6 Å². The van der Waals surface area contributed by atoms with E-state index in [4.69, 9.17) is 0 Å². The van der Waals surface area contributed by atoms with Gasteiger partial charge in [0.1, 0.15) is 4.83 Å². The summed E-state index contributed by atoms with van der Waals surface area (Å²) in [6.07, 6.45) is 0. The Bertz CT molecular complexity index is 1010. The van der Waals surface area contributed by atoms with Crippen molar-refractivity contribution in [3.63, 3.8) is 0 Å². The maximum atomic E-state index is 12.9. The molecule has 1 atom stereocenters. The van der Waals surface area contributed by atoms with Crippen LogP contribution in [0.15, 0.2) is 40.3 Å². The average molecular weight is 388 g/mol. The molecule has 3 rings (SSSR count). The number of benzene rings is 1. The minimum atomic E-state index is -0.375. The predicted octanol–water partition coefficient (Wildman–Crippen LogP) is 4.21. The monoisotopic (exact) mass is 387 g/mol. The van der Waals surface area contributed by atoms with Gasteiger partial charge in [0.2, 0.25) is 5.91 Å². The second-order valence-corrected chi connectivity index (χ2v) is 8.53. The molecule has 0 fully saturated rings. The smallest absolute Gasteiger partial charge is 0.263 e. The lowest BCUT2D eigenvalue weighted by molar-refractivity contribution is -0.115. The molecule has 2 heterocycles. The maximum absolute atomic E-state index is 12.9. The van der Waals surface area contributed by atoms with Crippen LogP contribution in [0.25, 0.3) is 10.2 Å². The van der Waals surface area contributed by atoms with Crippen LogP contribution in [0.2, 0.25) is 0 Å². The molecule has 3 aromatic rings. The van der Waals surface area contributed by atoms with E-state index in [0.29, 0.717) is 17.1 Å². The van der Waals surface area contributed by atoms with Gasteiger partial charge in [-0.25, -0.2) is 4.98 Å². The predicted molar refractivity (Wildman–Crippen MR) is 109 cm³/mol. The standard InChI is InChI=1S/C19H21N3O2S2/c1-5-22-18(24)15-11(2)12(3)25-17(15)21-19(22)26-13(4)16(23)20-14-9-7-6-8-10-14/h6-10,13H,5H2,1-4H3,(H,20,23)/t13-/m1/s1. The largest absolute Gasteiger partial charge is 0.325 e. The molecule has 0 aliphatic heterocycles. The summed E-state index contributed by atoms with van der Waals surface area (Å²) in [7, 11) is 0. The number of para-hydroxylation sites is 1. The van der Waals surface area contributed by atoms with Crippen molar-refractivity contribution < 1.29 is 4.79 Å². The van der Waals surface area contributed by atoms with Crippen LogP contribution >= 0.6 is 23.1 Å². The van der Waals surface area contributed by atoms with Crippen molar-refractivity contribution in [1.29, 1.82) is 0 Å². The fraction of sp³-hybridized carbons (Fsp3) is 0.316. The third-order valence-corrected chi connectivity index (χ3v) is 6.45. The van der Waals surface area contributed by atoms with Gasteiger partial charge in [0.25, 0.3) is 5.56 Å². The van der Waals surface area contributed by atoms with Crippen molar-refractivity contribution in [2.24, 2.45) is 0 Å². The van der Waals surface area contributed by atoms with Crippen LogP contribution in [0, 0.1) is 13.8 Å². The Morgan fingerprint density at radius 2 is 2.00 bits per heavy atom. The molecule has 0 bridgehead atoms. The number of anilines is 1. The van der Waals surface area contributed by atoms with Crippen LogP contribution in [0.3, 0.4) is 0 Å². The fourth-order valence-electron chi connectivity index (χ4n) is 2.65. The molecule has 1 N–H and O–H groups in total. The second-order valence-electron chi connectivity index (χ2n) is 6.02. The minimum Gasteiger partial charge on any atom is -0.325 e. The van der Waals surface area contributed by atoms with Gasteiger partial charge in [-0.1, -0.05) is 30.0 Å². The van der Waals surface area contributed by atoms with E-state index in [2.05, 4.69) is 10.3 Å². The normalized spacial score (nSPS) is 12.3. The molecule has 26 heavy (non-hydrogen) atoms. The summed E-state index contributed by atoms with van der Waals surface area (Å²) < 4.78 is 1.65. The molecular weight excluding hydrogens is 366 g/mol. The molecule has 0 unspecified atom stereocenters. The Hall–Kier alpha value is -2.12. The highest BCUT2D eigenvalue weighted by Gasteiger charge is 2.21. The van der Waals surface area contributed by atoms with Gasteiger partial charge in [0.05, 0.1) is 10.6 Å². The van der Waals surface area contributed by atoms with Gasteiger partial charge in [-0.05, 0) is 45.4 Å². The molecule has 7 heteroatoms. The second kappa shape index (κ2) is 7.63. The molecule has 0 saturated heterocycles. The maximum Gasteiger partial charge on any atom is 0.263 e. The molecule has 0 spiro atoms. The van der Waals surface area contributed by atoms with Crippen LogP contribution in [0.1, 0.15) is 24.3 Å². The Morgan fingerprint density at radius 3 is 2.65 bits per heavy atom. The lowest BCUT2D eigenvalue weighted by atomic mass is 10.2. The minimum absolute atomic E-state index is 0.0301.